The fourth-order valence-electron chi connectivity index (χ4n) is 3.35. The lowest BCUT2D eigenvalue weighted by Crippen LogP contribution is -2.35. The van der Waals surface area contributed by atoms with Crippen molar-refractivity contribution >= 4 is 21.4 Å². The molecule has 0 amide bonds. The Hall–Kier alpha value is -2.39. The Morgan fingerprint density at radius 2 is 1.70 bits per heavy atom. The van der Waals surface area contributed by atoms with Gasteiger partial charge in [0.05, 0.1) is 4.90 Å². The number of hydrogen-bond acceptors (Lipinski definition) is 6. The number of hydrogen-bond donors (Lipinski definition) is 0. The highest BCUT2D eigenvalue weighted by Gasteiger charge is 2.20. The van der Waals surface area contributed by atoms with Gasteiger partial charge in [-0.2, -0.15) is 4.98 Å². The van der Waals surface area contributed by atoms with E-state index >= 15 is 0 Å². The normalized spacial score (nSPS) is 12.0. The van der Waals surface area contributed by atoms with Crippen molar-refractivity contribution in [2.45, 2.75) is 57.0 Å². The topological polar surface area (TPSA) is 110 Å². The van der Waals surface area contributed by atoms with Gasteiger partial charge in [-0.05, 0) is 54.4 Å². The maximum Gasteiger partial charge on any atom is 0.329 e. The van der Waals surface area contributed by atoms with Crippen molar-refractivity contribution in [3.05, 3.63) is 45.6 Å². The van der Waals surface area contributed by atoms with Crippen LogP contribution in [0.5, 0.6) is 5.88 Å². The van der Waals surface area contributed by atoms with Gasteiger partial charge in [-0.3, -0.25) is 4.57 Å². The van der Waals surface area contributed by atoms with Crippen molar-refractivity contribution in [3.63, 3.8) is 0 Å². The fraction of sp³-hybridized carbons (Fsp3) is 0.450. The van der Waals surface area contributed by atoms with Crippen LogP contribution in [0.2, 0.25) is 5.28 Å². The molecule has 10 heteroatoms. The summed E-state index contributed by atoms with van der Waals surface area (Å²) in [6.07, 6.45) is 5.05. The predicted molar refractivity (Wildman–Crippen MR) is 113 cm³/mol. The lowest BCUT2D eigenvalue weighted by atomic mass is 10.1. The van der Waals surface area contributed by atoms with Crippen LogP contribution < -0.4 is 10.8 Å². The summed E-state index contributed by atoms with van der Waals surface area (Å²) >= 11 is 5.89. The molecule has 30 heavy (non-hydrogen) atoms. The van der Waals surface area contributed by atoms with E-state index in [2.05, 4.69) is 16.9 Å². The van der Waals surface area contributed by atoms with E-state index in [9.17, 15) is 18.3 Å². The number of rotatable bonds is 9. The standard InChI is InChI=1S/C20H25ClN4O4S/c1-3-4-5-12-24-17-16(22-19(21)23-17)18(26)25(20(24)27)13-6-7-14-8-10-15(11-9-14)30(2,28)29/h8-11,26H,3-7,12-13H2,1-2H3/p-1. The number of aryl methyl sites for hydroxylation is 1. The third-order valence-electron chi connectivity index (χ3n) is 4.96. The number of unbranched alkanes of at least 4 members (excludes halogenated alkanes) is 2. The Balaban J connectivity index is 1.81. The molecule has 0 aliphatic carbocycles. The molecule has 162 valence electrons. The monoisotopic (exact) mass is 451 g/mol. The fourth-order valence-corrected chi connectivity index (χ4v) is 4.15. The lowest BCUT2D eigenvalue weighted by Gasteiger charge is -2.22. The summed E-state index contributed by atoms with van der Waals surface area (Å²) in [7, 11) is -3.24. The van der Waals surface area contributed by atoms with Crippen LogP contribution in [0.15, 0.2) is 34.0 Å². The molecule has 2 aliphatic heterocycles. The molecule has 0 aromatic heterocycles. The van der Waals surface area contributed by atoms with Crippen molar-refractivity contribution in [2.75, 3.05) is 6.26 Å². The maximum atomic E-state index is 13.0. The first-order valence-electron chi connectivity index (χ1n) is 9.85. The summed E-state index contributed by atoms with van der Waals surface area (Å²) in [6.45, 7) is 2.74. The molecule has 3 rings (SSSR count). The van der Waals surface area contributed by atoms with Crippen molar-refractivity contribution < 1.29 is 13.5 Å². The average Bonchev–Trinajstić information content (AvgIpc) is 3.08. The van der Waals surface area contributed by atoms with E-state index in [0.29, 0.717) is 19.4 Å². The minimum atomic E-state index is -3.24. The summed E-state index contributed by atoms with van der Waals surface area (Å²) in [4.78, 5) is 21.3. The molecule has 0 bridgehead atoms. The predicted octanol–water partition coefficient (Wildman–Crippen LogP) is 2.50. The molecule has 0 atom stereocenters. The second kappa shape index (κ2) is 9.18. The van der Waals surface area contributed by atoms with Crippen LogP contribution in [0.3, 0.4) is 0 Å². The number of benzene rings is 1. The first kappa shape index (κ1) is 22.3. The summed E-state index contributed by atoms with van der Waals surface area (Å²) in [5.41, 5.74) is 0.622. The van der Waals surface area contributed by atoms with Gasteiger partial charge in [0.25, 0.3) is 0 Å². The van der Waals surface area contributed by atoms with Crippen molar-refractivity contribution in [3.8, 4) is 17.4 Å². The van der Waals surface area contributed by atoms with Crippen LogP contribution >= 0.6 is 11.6 Å². The zero-order chi connectivity index (χ0) is 21.9. The Kier molecular flexibility index (Phi) is 6.82. The molecule has 2 heterocycles. The van der Waals surface area contributed by atoms with E-state index in [0.717, 1.165) is 31.1 Å². The largest absolute Gasteiger partial charge is 0.858 e. The Bertz CT molecular complexity index is 1150. The highest BCUT2D eigenvalue weighted by atomic mass is 35.5. The van der Waals surface area contributed by atoms with Gasteiger partial charge in [-0.1, -0.05) is 31.9 Å². The second-order valence-corrected chi connectivity index (χ2v) is 9.64. The van der Waals surface area contributed by atoms with Gasteiger partial charge in [0.1, 0.15) is 5.69 Å². The lowest BCUT2D eigenvalue weighted by molar-refractivity contribution is -0.279. The molecule has 2 aliphatic rings. The van der Waals surface area contributed by atoms with Crippen LogP contribution in [0.1, 0.15) is 38.2 Å². The van der Waals surface area contributed by atoms with Gasteiger partial charge in [0.2, 0.25) is 5.28 Å². The molecule has 0 N–H and O–H groups in total. The second-order valence-electron chi connectivity index (χ2n) is 7.28. The smallest absolute Gasteiger partial charge is 0.329 e. The van der Waals surface area contributed by atoms with E-state index in [4.69, 9.17) is 11.6 Å². The summed E-state index contributed by atoms with van der Waals surface area (Å²) in [6, 6.07) is 6.61. The zero-order valence-electron chi connectivity index (χ0n) is 17.0. The van der Waals surface area contributed by atoms with Crippen molar-refractivity contribution in [1.29, 1.82) is 0 Å². The number of imidazole rings is 1. The molecule has 0 unspecified atom stereocenters. The first-order valence-corrected chi connectivity index (χ1v) is 12.1. The van der Waals surface area contributed by atoms with E-state index in [1.807, 2.05) is 0 Å². The quantitative estimate of drug-likeness (QED) is 0.365. The van der Waals surface area contributed by atoms with Crippen molar-refractivity contribution in [1.82, 2.24) is 19.1 Å². The van der Waals surface area contributed by atoms with E-state index in [-0.39, 0.29) is 28.2 Å². The molecule has 8 nitrogen and oxygen atoms in total. The molecule has 0 saturated carbocycles. The van der Waals surface area contributed by atoms with Gasteiger partial charge in [-0.25, -0.2) is 18.2 Å². The highest BCUT2D eigenvalue weighted by Crippen LogP contribution is 2.27. The number of fused-ring (bicyclic) bond motifs is 1. The SMILES string of the molecule is CCCCCn1c2nc(Cl)nc-2c([O-])n(CCCc2ccc(S(C)(=O)=O)cc2)c1=O. The average molecular weight is 452 g/mol. The van der Waals surface area contributed by atoms with Crippen LogP contribution in [0, 0.1) is 0 Å². The maximum absolute atomic E-state index is 13.0. The van der Waals surface area contributed by atoms with E-state index < -0.39 is 21.4 Å². The zero-order valence-corrected chi connectivity index (χ0v) is 18.5. The number of aromatic nitrogens is 4. The van der Waals surface area contributed by atoms with Gasteiger partial charge in [0.15, 0.2) is 15.7 Å². The summed E-state index contributed by atoms with van der Waals surface area (Å²) < 4.78 is 25.8. The van der Waals surface area contributed by atoms with Crippen LogP contribution in [0.25, 0.3) is 11.5 Å². The summed E-state index contributed by atoms with van der Waals surface area (Å²) in [5, 5.41) is 12.7. The Morgan fingerprint density at radius 1 is 1.03 bits per heavy atom. The molecular formula is C20H24ClN4O4S-. The first-order chi connectivity index (χ1) is 14.2. The van der Waals surface area contributed by atoms with Crippen LogP contribution in [-0.2, 0) is 29.3 Å². The highest BCUT2D eigenvalue weighted by molar-refractivity contribution is 7.90. The van der Waals surface area contributed by atoms with Gasteiger partial charge in [0, 0.05) is 19.3 Å². The molecule has 1 aromatic carbocycles. The van der Waals surface area contributed by atoms with Gasteiger partial charge < -0.3 is 9.67 Å². The van der Waals surface area contributed by atoms with Crippen LogP contribution in [-0.4, -0.2) is 33.8 Å². The summed E-state index contributed by atoms with van der Waals surface area (Å²) in [5.74, 6) is -0.257. The van der Waals surface area contributed by atoms with Crippen LogP contribution in [0.4, 0.5) is 0 Å². The third kappa shape index (κ3) is 4.84. The van der Waals surface area contributed by atoms with E-state index in [1.165, 1.54) is 9.13 Å². The molecule has 0 spiro atoms. The Morgan fingerprint density at radius 3 is 2.33 bits per heavy atom. The van der Waals surface area contributed by atoms with Gasteiger partial charge in [-0.15, -0.1) is 0 Å². The molecular weight excluding hydrogens is 428 g/mol. The molecule has 1 aromatic rings. The molecule has 0 fully saturated rings. The molecule has 0 saturated heterocycles. The van der Waals surface area contributed by atoms with Crippen molar-refractivity contribution in [2.24, 2.45) is 0 Å². The van der Waals surface area contributed by atoms with E-state index in [1.54, 1.807) is 24.3 Å². The minimum absolute atomic E-state index is 0.0468. The van der Waals surface area contributed by atoms with Gasteiger partial charge >= 0.3 is 5.69 Å². The minimum Gasteiger partial charge on any atom is -0.858 e. The number of nitrogens with zero attached hydrogens (tertiary/aromatic N) is 4. The Labute approximate surface area is 180 Å². The number of halogens is 1. The third-order valence-corrected chi connectivity index (χ3v) is 6.26. The molecule has 0 radical (unpaired) electrons. The number of sulfone groups is 1.